The van der Waals surface area contributed by atoms with Crippen molar-refractivity contribution in [1.82, 2.24) is 19.6 Å². The minimum Gasteiger partial charge on any atom is -0.508 e. The molecule has 8 nitrogen and oxygen atoms in total. The number of ketones is 2. The number of rotatable bonds is 14. The molecule has 0 bridgehead atoms. The number of fused-ring (bicyclic) bond motifs is 14. The summed E-state index contributed by atoms with van der Waals surface area (Å²) < 4.78 is 4.15. The van der Waals surface area contributed by atoms with E-state index in [1.807, 2.05) is 65.3 Å². The molecule has 10 atom stereocenters. The maximum atomic E-state index is 12.7. The van der Waals surface area contributed by atoms with Gasteiger partial charge in [-0.25, -0.2) is 0 Å². The zero-order valence-electron chi connectivity index (χ0n) is 43.2. The van der Waals surface area contributed by atoms with Gasteiger partial charge in [0.25, 0.3) is 0 Å². The van der Waals surface area contributed by atoms with Gasteiger partial charge in [-0.1, -0.05) is 86.6 Å². The first kappa shape index (κ1) is 48.5. The average molecular weight is 965 g/mol. The van der Waals surface area contributed by atoms with Crippen LogP contribution in [0, 0.1) is 23.7 Å². The van der Waals surface area contributed by atoms with E-state index < -0.39 is 0 Å². The second kappa shape index (κ2) is 19.9. The molecule has 72 heavy (non-hydrogen) atoms. The number of benzene rings is 4. The minimum atomic E-state index is 0.119. The number of hydrogen-bond acceptors (Lipinski definition) is 6. The van der Waals surface area contributed by atoms with Crippen LogP contribution in [0.25, 0.3) is 0 Å². The van der Waals surface area contributed by atoms with Crippen LogP contribution in [0.3, 0.4) is 0 Å². The third-order valence-electron chi connectivity index (χ3n) is 19.5. The van der Waals surface area contributed by atoms with Crippen molar-refractivity contribution < 1.29 is 19.8 Å². The van der Waals surface area contributed by atoms with Crippen LogP contribution >= 0.6 is 0 Å². The highest BCUT2D eigenvalue weighted by Crippen LogP contribution is 2.66. The van der Waals surface area contributed by atoms with Gasteiger partial charge in [0.05, 0.1) is 11.9 Å². The molecule has 2 heterocycles. The Balaban J connectivity index is 0.000000156. The number of Topliss-reactive ketones (excluding diaryl/α,β-unsaturated/α-hetero) is 2. The lowest BCUT2D eigenvalue weighted by atomic mass is 9.53. The van der Waals surface area contributed by atoms with Crippen molar-refractivity contribution in [3.8, 4) is 11.5 Å². The van der Waals surface area contributed by atoms with Gasteiger partial charge in [-0.3, -0.25) is 19.0 Å². The highest BCUT2D eigenvalue weighted by atomic mass is 16.3. The third-order valence-corrected chi connectivity index (χ3v) is 19.5. The fourth-order valence-corrected chi connectivity index (χ4v) is 16.5. The number of carbonyl (C=O) groups is 2. The lowest BCUT2D eigenvalue weighted by molar-refractivity contribution is -0.120. The number of hydrogen-bond donors (Lipinski definition) is 2. The van der Waals surface area contributed by atoms with Crippen LogP contribution in [0.5, 0.6) is 11.5 Å². The molecule has 6 aliphatic rings. The molecule has 2 N–H and O–H groups in total. The van der Waals surface area contributed by atoms with Gasteiger partial charge in [0, 0.05) is 62.5 Å². The van der Waals surface area contributed by atoms with Crippen LogP contribution in [-0.2, 0) is 60.2 Å². The molecule has 0 aliphatic heterocycles. The maximum absolute atomic E-state index is 12.7. The van der Waals surface area contributed by atoms with Crippen molar-refractivity contribution in [3.05, 3.63) is 165 Å². The molecule has 376 valence electrons. The predicted octanol–water partition coefficient (Wildman–Crippen LogP) is 13.2. The quantitative estimate of drug-likeness (QED) is 0.113. The van der Waals surface area contributed by atoms with Gasteiger partial charge in [-0.2, -0.15) is 10.2 Å². The molecule has 0 amide bonds. The summed E-state index contributed by atoms with van der Waals surface area (Å²) in [6.07, 6.45) is 22.0. The Morgan fingerprint density at radius 1 is 0.611 bits per heavy atom. The van der Waals surface area contributed by atoms with E-state index in [9.17, 15) is 19.8 Å². The molecule has 6 aliphatic carbocycles. The van der Waals surface area contributed by atoms with E-state index >= 15 is 0 Å². The summed E-state index contributed by atoms with van der Waals surface area (Å²) in [5.41, 5.74) is 14.0. The first-order valence-electron chi connectivity index (χ1n) is 27.7. The molecule has 2 saturated carbocycles. The summed E-state index contributed by atoms with van der Waals surface area (Å²) in [7, 11) is 4.16. The van der Waals surface area contributed by atoms with Gasteiger partial charge in [-0.05, 0) is 206 Å². The largest absolute Gasteiger partial charge is 0.508 e. The highest BCUT2D eigenvalue weighted by molar-refractivity contribution is 5.79. The van der Waals surface area contributed by atoms with Crippen molar-refractivity contribution in [2.24, 2.45) is 37.8 Å². The predicted molar refractivity (Wildman–Crippen MR) is 285 cm³/mol. The Morgan fingerprint density at radius 3 is 1.65 bits per heavy atom. The second-order valence-electron chi connectivity index (χ2n) is 23.6. The van der Waals surface area contributed by atoms with Crippen molar-refractivity contribution in [2.45, 2.75) is 164 Å². The molecule has 8 heteroatoms. The molecule has 4 aromatic carbocycles. The van der Waals surface area contributed by atoms with Crippen molar-refractivity contribution in [2.75, 3.05) is 0 Å². The van der Waals surface area contributed by atoms with Gasteiger partial charge in [0.1, 0.15) is 23.1 Å². The Morgan fingerprint density at radius 2 is 1.11 bits per heavy atom. The normalized spacial score (nSPS) is 28.2. The van der Waals surface area contributed by atoms with Crippen LogP contribution in [0.2, 0.25) is 0 Å². The highest BCUT2D eigenvalue weighted by Gasteiger charge is 2.60. The Kier molecular flexibility index (Phi) is 13.4. The number of phenols is 2. The van der Waals surface area contributed by atoms with Gasteiger partial charge in [-0.15, -0.1) is 0 Å². The van der Waals surface area contributed by atoms with Crippen molar-refractivity contribution >= 4 is 11.6 Å². The Labute approximate surface area is 427 Å². The van der Waals surface area contributed by atoms with Crippen LogP contribution in [0.4, 0.5) is 0 Å². The third kappa shape index (κ3) is 8.97. The summed E-state index contributed by atoms with van der Waals surface area (Å²) in [5, 5.41) is 29.8. The molecule has 6 aromatic rings. The molecule has 12 rings (SSSR count). The zero-order valence-corrected chi connectivity index (χ0v) is 43.2. The molecule has 0 unspecified atom stereocenters. The maximum Gasteiger partial charge on any atom is 0.133 e. The van der Waals surface area contributed by atoms with E-state index in [1.54, 1.807) is 0 Å². The lowest BCUT2D eigenvalue weighted by Gasteiger charge is -2.51. The Hall–Kier alpha value is -5.76. The monoisotopic (exact) mass is 965 g/mol. The SMILES string of the molecule is Cn1cc2c(n1)[C@@]1(C)CC[C@@H]3c4ccc(O)cc4CC[C@H]3[C@@H]1[C@H]2CCCC(=O)CCc1ccccc1.Cn1ncc2c1[C@@]1(C)CC[C@@H]3c4ccc(O)cc4CC[C@H]3[C@@H]1[C@H]2CCCC(=O)CCc1ccccc1. The van der Waals surface area contributed by atoms with Gasteiger partial charge in [0.15, 0.2) is 0 Å². The molecule has 2 fully saturated rings. The van der Waals surface area contributed by atoms with E-state index in [0.29, 0.717) is 96.1 Å². The zero-order chi connectivity index (χ0) is 49.7. The van der Waals surface area contributed by atoms with Crippen LogP contribution < -0.4 is 0 Å². The standard InChI is InChI=1S/2C32H38N2O2/c1-32-18-17-26-25-16-14-24(36)19-22(25)12-15-28(26)30(32)27(29-20-34(2)33-31(29)32)10-6-9-23(35)13-11-21-7-4-3-5-8-21;1-32-18-17-26-25-16-14-24(36)19-22(25)12-15-28(26)30(32)27(29-20-33-34(2)31(29)32)10-6-9-23(35)13-11-21-7-4-3-5-8-21/h2*3-5,7-8,14,16,19-20,26-28,30,36H,6,9-13,15,17-18H2,1-2H3/t2*26-,27+,28-,30+,32+/m11/s1. The van der Waals surface area contributed by atoms with Gasteiger partial charge >= 0.3 is 0 Å². The van der Waals surface area contributed by atoms with E-state index in [-0.39, 0.29) is 10.8 Å². The number of carbonyl (C=O) groups excluding carboxylic acids is 2. The Bertz CT molecular complexity index is 2860. The molecule has 0 saturated heterocycles. The first-order valence-corrected chi connectivity index (χ1v) is 27.7. The lowest BCUT2D eigenvalue weighted by Crippen LogP contribution is -2.45. The number of aromatic nitrogens is 4. The molecule has 0 radical (unpaired) electrons. The fourth-order valence-electron chi connectivity index (χ4n) is 16.5. The van der Waals surface area contributed by atoms with Gasteiger partial charge < -0.3 is 10.2 Å². The first-order chi connectivity index (χ1) is 34.9. The molecule has 0 spiro atoms. The van der Waals surface area contributed by atoms with Crippen molar-refractivity contribution in [3.63, 3.8) is 0 Å². The average Bonchev–Trinajstić information content (AvgIpc) is 4.11. The van der Waals surface area contributed by atoms with Crippen LogP contribution in [-0.4, -0.2) is 41.3 Å². The van der Waals surface area contributed by atoms with Crippen LogP contribution in [0.1, 0.15) is 183 Å². The minimum absolute atomic E-state index is 0.119. The summed E-state index contributed by atoms with van der Waals surface area (Å²) in [6.45, 7) is 4.96. The fraction of sp³-hybridized carbons (Fsp3) is 0.500. The molecular formula is C64H76N4O4. The smallest absolute Gasteiger partial charge is 0.133 e. The van der Waals surface area contributed by atoms with E-state index in [2.05, 4.69) is 81.4 Å². The molecule has 2 aromatic heterocycles. The number of aryl methyl sites for hydroxylation is 6. The van der Waals surface area contributed by atoms with E-state index in [1.165, 1.54) is 88.0 Å². The summed E-state index contributed by atoms with van der Waals surface area (Å²) in [6, 6.07) is 32.8. The van der Waals surface area contributed by atoms with E-state index in [4.69, 9.17) is 10.2 Å². The van der Waals surface area contributed by atoms with Crippen molar-refractivity contribution in [1.29, 1.82) is 0 Å². The van der Waals surface area contributed by atoms with E-state index in [0.717, 1.165) is 57.8 Å². The summed E-state index contributed by atoms with van der Waals surface area (Å²) >= 11 is 0. The summed E-state index contributed by atoms with van der Waals surface area (Å²) in [5.74, 6) is 6.11. The number of nitrogens with zero attached hydrogens (tertiary/aromatic N) is 4. The number of phenolic OH excluding ortho intramolecular Hbond substituents is 2. The topological polar surface area (TPSA) is 110 Å². The summed E-state index contributed by atoms with van der Waals surface area (Å²) in [4.78, 5) is 25.5. The molecular weight excluding hydrogens is 889 g/mol. The van der Waals surface area contributed by atoms with Crippen LogP contribution in [0.15, 0.2) is 109 Å². The second-order valence-corrected chi connectivity index (χ2v) is 23.6. The number of aromatic hydroxyl groups is 2. The van der Waals surface area contributed by atoms with Gasteiger partial charge in [0.2, 0.25) is 0 Å².